The van der Waals surface area contributed by atoms with Gasteiger partial charge in [-0.3, -0.25) is 0 Å². The van der Waals surface area contributed by atoms with Gasteiger partial charge in [-0.2, -0.15) is 0 Å². The van der Waals surface area contributed by atoms with Crippen LogP contribution in [0.4, 0.5) is 11.4 Å². The van der Waals surface area contributed by atoms with Crippen LogP contribution in [0.2, 0.25) is 0 Å². The third-order valence-corrected chi connectivity index (χ3v) is 3.70. The molecule has 0 amide bonds. The summed E-state index contributed by atoms with van der Waals surface area (Å²) < 4.78 is 5.60. The van der Waals surface area contributed by atoms with Crippen molar-refractivity contribution in [3.05, 3.63) is 60.2 Å². The molecule has 0 radical (unpaired) electrons. The number of carbonyl (C=O) groups is 1. The molecule has 0 fully saturated rings. The van der Waals surface area contributed by atoms with E-state index in [0.717, 1.165) is 16.9 Å². The van der Waals surface area contributed by atoms with Crippen molar-refractivity contribution in [2.75, 3.05) is 24.3 Å². The number of benzene rings is 2. The van der Waals surface area contributed by atoms with Crippen LogP contribution in [0.5, 0.6) is 0 Å². The Balaban J connectivity index is 2.16. The fourth-order valence-electron chi connectivity index (χ4n) is 2.47. The molecule has 0 heterocycles. The lowest BCUT2D eigenvalue weighted by Gasteiger charge is -2.25. The Hall–Kier alpha value is -2.49. The van der Waals surface area contributed by atoms with E-state index in [-0.39, 0.29) is 5.97 Å². The molecule has 0 aliphatic rings. The zero-order valence-electron chi connectivity index (χ0n) is 15.7. The number of hydrogen-bond donors (Lipinski definition) is 1. The summed E-state index contributed by atoms with van der Waals surface area (Å²) in [4.78, 5) is 14.7. The number of nitrogens with zero attached hydrogens (tertiary/aromatic N) is 1. The molecule has 0 bridgehead atoms. The maximum absolute atomic E-state index is 12.6. The molecule has 2 rings (SSSR count). The van der Waals surface area contributed by atoms with Crippen molar-refractivity contribution in [2.24, 2.45) is 0 Å². The van der Waals surface area contributed by atoms with Crippen LogP contribution in [0.3, 0.4) is 0 Å². The fraction of sp³-hybridized carbons (Fsp3) is 0.381. The zero-order valence-corrected chi connectivity index (χ0v) is 15.7. The predicted octanol–water partition coefficient (Wildman–Crippen LogP) is 4.12. The lowest BCUT2D eigenvalue weighted by molar-refractivity contribution is -0.155. The van der Waals surface area contributed by atoms with Crippen LogP contribution < -0.4 is 10.2 Å². The van der Waals surface area contributed by atoms with Crippen molar-refractivity contribution in [1.82, 2.24) is 0 Å². The van der Waals surface area contributed by atoms with Gasteiger partial charge in [0.15, 0.2) is 0 Å². The number of anilines is 2. The molecule has 4 heteroatoms. The van der Waals surface area contributed by atoms with E-state index in [1.54, 1.807) is 0 Å². The maximum atomic E-state index is 12.6. The second kappa shape index (κ2) is 8.06. The van der Waals surface area contributed by atoms with Gasteiger partial charge in [0.1, 0.15) is 11.6 Å². The lowest BCUT2D eigenvalue weighted by atomic mass is 10.0. The number of carbonyl (C=O) groups excluding carboxylic acids is 1. The van der Waals surface area contributed by atoms with Gasteiger partial charge in [0.25, 0.3) is 0 Å². The molecule has 1 unspecified atom stereocenters. The van der Waals surface area contributed by atoms with Crippen LogP contribution in [0.1, 0.15) is 26.3 Å². The van der Waals surface area contributed by atoms with Crippen LogP contribution in [0, 0.1) is 0 Å². The van der Waals surface area contributed by atoms with E-state index in [9.17, 15) is 4.79 Å². The van der Waals surface area contributed by atoms with Crippen LogP contribution in [-0.2, 0) is 16.0 Å². The van der Waals surface area contributed by atoms with Crippen molar-refractivity contribution in [3.8, 4) is 0 Å². The maximum Gasteiger partial charge on any atom is 0.329 e. The number of esters is 1. The van der Waals surface area contributed by atoms with Crippen LogP contribution in [0.15, 0.2) is 54.6 Å². The number of ether oxygens (including phenoxy) is 1. The summed E-state index contributed by atoms with van der Waals surface area (Å²) in [5.74, 6) is -0.243. The number of nitrogens with one attached hydrogen (secondary N) is 1. The number of hydrogen-bond acceptors (Lipinski definition) is 4. The zero-order chi connectivity index (χ0) is 18.4. The molecule has 2 aromatic carbocycles. The topological polar surface area (TPSA) is 41.6 Å². The van der Waals surface area contributed by atoms with Gasteiger partial charge in [0.05, 0.1) is 0 Å². The summed E-state index contributed by atoms with van der Waals surface area (Å²) in [6.07, 6.45) is 0.575. The molecule has 4 nitrogen and oxygen atoms in total. The van der Waals surface area contributed by atoms with Gasteiger partial charge in [-0.25, -0.2) is 4.79 Å². The van der Waals surface area contributed by atoms with Crippen molar-refractivity contribution < 1.29 is 9.53 Å². The molecular weight excluding hydrogens is 312 g/mol. The van der Waals surface area contributed by atoms with Gasteiger partial charge >= 0.3 is 5.97 Å². The molecule has 2 aromatic rings. The SMILES string of the molecule is CN(C)c1ccc(NC(Cc2ccccc2)C(=O)OC(C)(C)C)cc1. The highest BCUT2D eigenvalue weighted by molar-refractivity contribution is 5.80. The average molecular weight is 340 g/mol. The quantitative estimate of drug-likeness (QED) is 0.803. The van der Waals surface area contributed by atoms with Crippen molar-refractivity contribution in [3.63, 3.8) is 0 Å². The lowest BCUT2D eigenvalue weighted by Crippen LogP contribution is -2.38. The molecule has 25 heavy (non-hydrogen) atoms. The van der Waals surface area contributed by atoms with E-state index in [1.165, 1.54) is 0 Å². The van der Waals surface area contributed by atoms with E-state index < -0.39 is 11.6 Å². The minimum Gasteiger partial charge on any atom is -0.458 e. The molecule has 0 saturated carbocycles. The van der Waals surface area contributed by atoms with Gasteiger partial charge in [0.2, 0.25) is 0 Å². The first-order chi connectivity index (χ1) is 11.7. The summed E-state index contributed by atoms with van der Waals surface area (Å²) in [7, 11) is 4.00. The van der Waals surface area contributed by atoms with E-state index in [1.807, 2.05) is 94.4 Å². The highest BCUT2D eigenvalue weighted by Crippen LogP contribution is 2.19. The molecule has 134 valence electrons. The first-order valence-electron chi connectivity index (χ1n) is 8.55. The second-order valence-corrected chi connectivity index (χ2v) is 7.36. The van der Waals surface area contributed by atoms with Gasteiger partial charge in [0, 0.05) is 31.9 Å². The highest BCUT2D eigenvalue weighted by atomic mass is 16.6. The van der Waals surface area contributed by atoms with E-state index in [2.05, 4.69) is 5.32 Å². The number of rotatable bonds is 6. The minimum absolute atomic E-state index is 0.243. The van der Waals surface area contributed by atoms with E-state index >= 15 is 0 Å². The molecule has 1 atom stereocenters. The van der Waals surface area contributed by atoms with Crippen molar-refractivity contribution >= 4 is 17.3 Å². The third-order valence-electron chi connectivity index (χ3n) is 3.70. The standard InChI is InChI=1S/C21H28N2O2/c1-21(2,3)25-20(24)19(15-16-9-7-6-8-10-16)22-17-11-13-18(14-12-17)23(4)5/h6-14,19,22H,15H2,1-5H3. The highest BCUT2D eigenvalue weighted by Gasteiger charge is 2.25. The molecule has 0 saturated heterocycles. The smallest absolute Gasteiger partial charge is 0.329 e. The van der Waals surface area contributed by atoms with Crippen molar-refractivity contribution in [2.45, 2.75) is 38.8 Å². The van der Waals surface area contributed by atoms with Gasteiger partial charge in [-0.05, 0) is 50.6 Å². The van der Waals surface area contributed by atoms with E-state index in [0.29, 0.717) is 6.42 Å². The molecule has 0 spiro atoms. The summed E-state index contributed by atoms with van der Waals surface area (Å²) in [5.41, 5.74) is 2.60. The third kappa shape index (κ3) is 6.14. The Morgan fingerprint density at radius 1 is 1.04 bits per heavy atom. The normalized spacial score (nSPS) is 12.4. The summed E-state index contributed by atoms with van der Waals surface area (Å²) in [6.45, 7) is 5.66. The predicted molar refractivity (Wildman–Crippen MR) is 104 cm³/mol. The molecule has 0 aliphatic carbocycles. The largest absolute Gasteiger partial charge is 0.458 e. The first kappa shape index (κ1) is 18.8. The molecule has 1 N–H and O–H groups in total. The first-order valence-corrected chi connectivity index (χ1v) is 8.55. The second-order valence-electron chi connectivity index (χ2n) is 7.36. The Morgan fingerprint density at radius 3 is 2.16 bits per heavy atom. The molecular formula is C21H28N2O2. The summed E-state index contributed by atoms with van der Waals surface area (Å²) in [5, 5.41) is 3.32. The molecule has 0 aliphatic heterocycles. The van der Waals surface area contributed by atoms with E-state index in [4.69, 9.17) is 4.74 Å². The van der Waals surface area contributed by atoms with Crippen LogP contribution in [0.25, 0.3) is 0 Å². The Labute approximate surface area is 150 Å². The Kier molecular flexibility index (Phi) is 6.07. The summed E-state index contributed by atoms with van der Waals surface area (Å²) in [6, 6.07) is 17.6. The average Bonchev–Trinajstić information content (AvgIpc) is 2.54. The fourth-order valence-corrected chi connectivity index (χ4v) is 2.47. The minimum atomic E-state index is -0.511. The van der Waals surface area contributed by atoms with Gasteiger partial charge < -0.3 is 15.0 Å². The van der Waals surface area contributed by atoms with Gasteiger partial charge in [-0.15, -0.1) is 0 Å². The summed E-state index contributed by atoms with van der Waals surface area (Å²) >= 11 is 0. The molecule has 0 aromatic heterocycles. The van der Waals surface area contributed by atoms with Crippen LogP contribution in [-0.4, -0.2) is 31.7 Å². The van der Waals surface area contributed by atoms with Crippen molar-refractivity contribution in [1.29, 1.82) is 0 Å². The Bertz CT molecular complexity index is 673. The van der Waals surface area contributed by atoms with Crippen LogP contribution >= 0.6 is 0 Å². The van der Waals surface area contributed by atoms with Gasteiger partial charge in [-0.1, -0.05) is 30.3 Å². The monoisotopic (exact) mass is 340 g/mol. The Morgan fingerprint density at radius 2 is 1.64 bits per heavy atom.